The number of thiophene rings is 1. The van der Waals surface area contributed by atoms with Gasteiger partial charge in [0.05, 0.1) is 11.6 Å². The average molecular weight is 242 g/mol. The molecule has 2 aromatic rings. The van der Waals surface area contributed by atoms with Crippen LogP contribution in [0.1, 0.15) is 20.9 Å². The summed E-state index contributed by atoms with van der Waals surface area (Å²) in [6.07, 6.45) is 0. The maximum absolute atomic E-state index is 8.85. The summed E-state index contributed by atoms with van der Waals surface area (Å²) in [6, 6.07) is 12.3. The van der Waals surface area contributed by atoms with Crippen LogP contribution < -0.4 is 5.32 Å². The molecule has 0 amide bonds. The summed E-state index contributed by atoms with van der Waals surface area (Å²) in [4.78, 5) is 2.65. The molecule has 86 valence electrons. The molecule has 0 spiro atoms. The number of hydrogen-bond donors (Lipinski definition) is 1. The van der Waals surface area contributed by atoms with Crippen LogP contribution in [0.5, 0.6) is 0 Å². The van der Waals surface area contributed by atoms with Gasteiger partial charge >= 0.3 is 0 Å². The van der Waals surface area contributed by atoms with Gasteiger partial charge in [-0.05, 0) is 49.7 Å². The maximum Gasteiger partial charge on any atom is 0.0994 e. The molecule has 2 nitrogen and oxygen atoms in total. The SMILES string of the molecule is Cc1ccc(CNc2ccc(C#N)c(C)c2)s1. The predicted molar refractivity (Wildman–Crippen MR) is 72.3 cm³/mol. The Morgan fingerprint density at radius 1 is 1.24 bits per heavy atom. The first-order valence-electron chi connectivity index (χ1n) is 5.49. The van der Waals surface area contributed by atoms with Crippen LogP contribution in [0.25, 0.3) is 0 Å². The van der Waals surface area contributed by atoms with Gasteiger partial charge in [-0.2, -0.15) is 5.26 Å². The summed E-state index contributed by atoms with van der Waals surface area (Å²) in [5, 5.41) is 12.2. The molecule has 0 aliphatic carbocycles. The van der Waals surface area contributed by atoms with Crippen molar-refractivity contribution in [1.82, 2.24) is 0 Å². The summed E-state index contributed by atoms with van der Waals surface area (Å²) in [6.45, 7) is 4.91. The third kappa shape index (κ3) is 2.86. The Morgan fingerprint density at radius 2 is 2.06 bits per heavy atom. The Hall–Kier alpha value is -1.79. The van der Waals surface area contributed by atoms with Gasteiger partial charge < -0.3 is 5.32 Å². The highest BCUT2D eigenvalue weighted by Crippen LogP contribution is 2.18. The Bertz CT molecular complexity index is 564. The zero-order valence-electron chi connectivity index (χ0n) is 9.95. The molecule has 0 atom stereocenters. The average Bonchev–Trinajstić information content (AvgIpc) is 2.73. The molecule has 1 N–H and O–H groups in total. The van der Waals surface area contributed by atoms with Crippen LogP contribution in [0, 0.1) is 25.2 Å². The molecule has 0 aliphatic rings. The lowest BCUT2D eigenvalue weighted by molar-refractivity contribution is 1.19. The largest absolute Gasteiger partial charge is 0.380 e. The third-order valence-corrected chi connectivity index (χ3v) is 3.61. The maximum atomic E-state index is 8.85. The number of nitrogens with one attached hydrogen (secondary N) is 1. The number of anilines is 1. The fourth-order valence-corrected chi connectivity index (χ4v) is 2.50. The van der Waals surface area contributed by atoms with E-state index in [0.29, 0.717) is 0 Å². The lowest BCUT2D eigenvalue weighted by Gasteiger charge is -2.06. The number of aryl methyl sites for hydroxylation is 2. The van der Waals surface area contributed by atoms with Gasteiger partial charge in [-0.25, -0.2) is 0 Å². The Labute approximate surface area is 106 Å². The molecule has 2 rings (SSSR count). The zero-order valence-corrected chi connectivity index (χ0v) is 10.8. The quantitative estimate of drug-likeness (QED) is 0.887. The topological polar surface area (TPSA) is 35.8 Å². The van der Waals surface area contributed by atoms with Crippen molar-refractivity contribution >= 4 is 17.0 Å². The van der Waals surface area contributed by atoms with Gasteiger partial charge in [0.2, 0.25) is 0 Å². The minimum atomic E-state index is 0.738. The molecule has 3 heteroatoms. The molecule has 0 radical (unpaired) electrons. The highest BCUT2D eigenvalue weighted by Gasteiger charge is 2.00. The van der Waals surface area contributed by atoms with Crippen LogP contribution in [0.3, 0.4) is 0 Å². The van der Waals surface area contributed by atoms with Gasteiger partial charge in [0.25, 0.3) is 0 Å². The fourth-order valence-electron chi connectivity index (χ4n) is 1.67. The first kappa shape index (κ1) is 11.7. The number of nitriles is 1. The minimum absolute atomic E-state index is 0.738. The van der Waals surface area contributed by atoms with E-state index in [4.69, 9.17) is 5.26 Å². The molecule has 0 saturated heterocycles. The molecule has 0 bridgehead atoms. The van der Waals surface area contributed by atoms with Gasteiger partial charge in [-0.15, -0.1) is 11.3 Å². The summed E-state index contributed by atoms with van der Waals surface area (Å²) in [5.41, 5.74) is 2.81. The second-order valence-corrected chi connectivity index (χ2v) is 5.38. The number of benzene rings is 1. The van der Waals surface area contributed by atoms with E-state index >= 15 is 0 Å². The molecule has 0 unspecified atom stereocenters. The molecule has 0 fully saturated rings. The van der Waals surface area contributed by atoms with Crippen molar-refractivity contribution in [2.75, 3.05) is 5.32 Å². The zero-order chi connectivity index (χ0) is 12.3. The lowest BCUT2D eigenvalue weighted by Crippen LogP contribution is -1.98. The summed E-state index contributed by atoms with van der Waals surface area (Å²) in [5.74, 6) is 0. The van der Waals surface area contributed by atoms with Gasteiger partial charge in [0.1, 0.15) is 0 Å². The minimum Gasteiger partial charge on any atom is -0.380 e. The van der Waals surface area contributed by atoms with E-state index < -0.39 is 0 Å². The summed E-state index contributed by atoms with van der Waals surface area (Å²) < 4.78 is 0. The van der Waals surface area contributed by atoms with Gasteiger partial charge in [0, 0.05) is 22.0 Å². The van der Waals surface area contributed by atoms with Crippen molar-refractivity contribution in [2.24, 2.45) is 0 Å². The fraction of sp³-hybridized carbons (Fsp3) is 0.214. The monoisotopic (exact) mass is 242 g/mol. The van der Waals surface area contributed by atoms with E-state index in [9.17, 15) is 0 Å². The molecule has 1 aromatic carbocycles. The van der Waals surface area contributed by atoms with Crippen LogP contribution >= 0.6 is 11.3 Å². The van der Waals surface area contributed by atoms with Crippen molar-refractivity contribution in [1.29, 1.82) is 5.26 Å². The van der Waals surface area contributed by atoms with E-state index in [1.807, 2.05) is 25.1 Å². The molecular formula is C14H14N2S. The molecular weight excluding hydrogens is 228 g/mol. The second-order valence-electron chi connectivity index (χ2n) is 4.01. The Balaban J connectivity index is 2.05. The van der Waals surface area contributed by atoms with Gasteiger partial charge in [-0.3, -0.25) is 0 Å². The van der Waals surface area contributed by atoms with E-state index in [-0.39, 0.29) is 0 Å². The van der Waals surface area contributed by atoms with Crippen LogP contribution in [-0.4, -0.2) is 0 Å². The van der Waals surface area contributed by atoms with Crippen molar-refractivity contribution < 1.29 is 0 Å². The van der Waals surface area contributed by atoms with Crippen molar-refractivity contribution in [3.8, 4) is 6.07 Å². The van der Waals surface area contributed by atoms with Crippen molar-refractivity contribution in [2.45, 2.75) is 20.4 Å². The molecule has 0 aliphatic heterocycles. The van der Waals surface area contributed by atoms with Gasteiger partial charge in [-0.1, -0.05) is 0 Å². The van der Waals surface area contributed by atoms with E-state index in [2.05, 4.69) is 30.4 Å². The molecule has 1 heterocycles. The smallest absolute Gasteiger partial charge is 0.0994 e. The second kappa shape index (κ2) is 5.03. The van der Waals surface area contributed by atoms with E-state index in [1.165, 1.54) is 9.75 Å². The van der Waals surface area contributed by atoms with E-state index in [1.54, 1.807) is 11.3 Å². The van der Waals surface area contributed by atoms with Crippen molar-refractivity contribution in [3.63, 3.8) is 0 Å². The van der Waals surface area contributed by atoms with Crippen LogP contribution in [-0.2, 0) is 6.54 Å². The van der Waals surface area contributed by atoms with E-state index in [0.717, 1.165) is 23.4 Å². The lowest BCUT2D eigenvalue weighted by atomic mass is 10.1. The molecule has 1 aromatic heterocycles. The highest BCUT2D eigenvalue weighted by atomic mass is 32.1. The first-order valence-corrected chi connectivity index (χ1v) is 6.30. The Kier molecular flexibility index (Phi) is 3.46. The van der Waals surface area contributed by atoms with Crippen LogP contribution in [0.2, 0.25) is 0 Å². The normalized spacial score (nSPS) is 9.94. The van der Waals surface area contributed by atoms with Crippen LogP contribution in [0.4, 0.5) is 5.69 Å². The summed E-state index contributed by atoms with van der Waals surface area (Å²) >= 11 is 1.80. The third-order valence-electron chi connectivity index (χ3n) is 2.61. The predicted octanol–water partition coefficient (Wildman–Crippen LogP) is 3.85. The van der Waals surface area contributed by atoms with Crippen molar-refractivity contribution in [3.05, 3.63) is 51.2 Å². The highest BCUT2D eigenvalue weighted by molar-refractivity contribution is 7.11. The number of nitrogens with zero attached hydrogens (tertiary/aromatic N) is 1. The summed E-state index contributed by atoms with van der Waals surface area (Å²) in [7, 11) is 0. The standard InChI is InChI=1S/C14H14N2S/c1-10-7-13(5-4-12(10)8-15)16-9-14-6-3-11(2)17-14/h3-7,16H,9H2,1-2H3. The number of hydrogen-bond acceptors (Lipinski definition) is 3. The molecule has 17 heavy (non-hydrogen) atoms. The first-order chi connectivity index (χ1) is 8.19. The van der Waals surface area contributed by atoms with Crippen LogP contribution in [0.15, 0.2) is 30.3 Å². The van der Waals surface area contributed by atoms with Gasteiger partial charge in [0.15, 0.2) is 0 Å². The number of rotatable bonds is 3. The molecule has 0 saturated carbocycles. The Morgan fingerprint density at radius 3 is 2.65 bits per heavy atom.